The number of amides is 1. The predicted octanol–water partition coefficient (Wildman–Crippen LogP) is 4.85. The average Bonchev–Trinajstić information content (AvgIpc) is 3.17. The number of benzene rings is 3. The first-order chi connectivity index (χ1) is 14.7. The van der Waals surface area contributed by atoms with Gasteiger partial charge in [0.15, 0.2) is 0 Å². The molecule has 5 heteroatoms. The first kappa shape index (κ1) is 19.6. The van der Waals surface area contributed by atoms with Gasteiger partial charge in [-0.3, -0.25) is 10.0 Å². The summed E-state index contributed by atoms with van der Waals surface area (Å²) in [5, 5.41) is 8.66. The van der Waals surface area contributed by atoms with E-state index in [2.05, 4.69) is 34.9 Å². The Bertz CT molecular complexity index is 1180. The minimum absolute atomic E-state index is 0.562. The topological polar surface area (TPSA) is 67.2 Å². The van der Waals surface area contributed by atoms with Gasteiger partial charge in [0, 0.05) is 18.2 Å². The molecular weight excluding hydrogens is 374 g/mol. The van der Waals surface area contributed by atoms with Gasteiger partial charge >= 0.3 is 0 Å². The van der Waals surface area contributed by atoms with Gasteiger partial charge in [-0.05, 0) is 48.2 Å². The molecule has 0 saturated carbocycles. The molecule has 4 aromatic rings. The quantitative estimate of drug-likeness (QED) is 0.266. The Morgan fingerprint density at radius 2 is 1.80 bits per heavy atom. The number of nitrogens with one attached hydrogen (secondary N) is 1. The number of aromatic nitrogens is 2. The molecule has 0 spiro atoms. The Balaban J connectivity index is 1.64. The molecule has 1 aromatic heterocycles. The number of hydroxylamine groups is 1. The van der Waals surface area contributed by atoms with E-state index in [-0.39, 0.29) is 0 Å². The SMILES string of the molecule is O=C(C=Cc1cccc(-c2nc3ccccc3n2CCCc2ccccc2)c1)NO. The van der Waals surface area contributed by atoms with Crippen LogP contribution in [0.25, 0.3) is 28.5 Å². The van der Waals surface area contributed by atoms with E-state index in [0.29, 0.717) is 0 Å². The molecule has 0 atom stereocenters. The van der Waals surface area contributed by atoms with Crippen molar-refractivity contribution >= 4 is 23.0 Å². The summed E-state index contributed by atoms with van der Waals surface area (Å²) in [4.78, 5) is 16.2. The lowest BCUT2D eigenvalue weighted by atomic mass is 10.1. The number of imidazole rings is 1. The molecule has 0 radical (unpaired) electrons. The van der Waals surface area contributed by atoms with Crippen molar-refractivity contribution in [1.82, 2.24) is 15.0 Å². The molecule has 0 aliphatic carbocycles. The van der Waals surface area contributed by atoms with Crippen LogP contribution in [0.2, 0.25) is 0 Å². The highest BCUT2D eigenvalue weighted by Crippen LogP contribution is 2.26. The van der Waals surface area contributed by atoms with Crippen molar-refractivity contribution in [2.75, 3.05) is 0 Å². The van der Waals surface area contributed by atoms with Crippen LogP contribution in [0.5, 0.6) is 0 Å². The highest BCUT2D eigenvalue weighted by Gasteiger charge is 2.12. The van der Waals surface area contributed by atoms with Gasteiger partial charge in [0.25, 0.3) is 5.91 Å². The van der Waals surface area contributed by atoms with Gasteiger partial charge in [0.05, 0.1) is 11.0 Å². The van der Waals surface area contributed by atoms with Gasteiger partial charge in [-0.1, -0.05) is 60.7 Å². The van der Waals surface area contributed by atoms with E-state index in [1.54, 1.807) is 11.6 Å². The maximum Gasteiger partial charge on any atom is 0.267 e. The van der Waals surface area contributed by atoms with E-state index in [9.17, 15) is 4.79 Å². The van der Waals surface area contributed by atoms with Crippen LogP contribution in [0, 0.1) is 0 Å². The Kier molecular flexibility index (Phi) is 6.01. The van der Waals surface area contributed by atoms with Gasteiger partial charge in [0.1, 0.15) is 5.82 Å². The van der Waals surface area contributed by atoms with Crippen molar-refractivity contribution in [1.29, 1.82) is 0 Å². The zero-order chi connectivity index (χ0) is 20.8. The minimum Gasteiger partial charge on any atom is -0.324 e. The molecule has 0 fully saturated rings. The standard InChI is InChI=1S/C25H23N3O2/c29-24(27-30)16-15-20-10-6-12-21(18-20)25-26-22-13-4-5-14-23(22)28(25)17-7-11-19-8-2-1-3-9-19/h1-6,8-10,12-16,18,30H,7,11,17H2,(H,27,29). The van der Waals surface area contributed by atoms with Crippen molar-refractivity contribution in [2.45, 2.75) is 19.4 Å². The molecule has 0 aliphatic heterocycles. The smallest absolute Gasteiger partial charge is 0.267 e. The Hall–Kier alpha value is -3.70. The number of para-hydroxylation sites is 2. The molecule has 30 heavy (non-hydrogen) atoms. The van der Waals surface area contributed by atoms with Crippen LogP contribution in [0.3, 0.4) is 0 Å². The summed E-state index contributed by atoms with van der Waals surface area (Å²) in [6.45, 7) is 0.859. The Morgan fingerprint density at radius 3 is 2.63 bits per heavy atom. The third-order valence-electron chi connectivity index (χ3n) is 5.03. The molecule has 0 saturated heterocycles. The maximum absolute atomic E-state index is 11.3. The van der Waals surface area contributed by atoms with Crippen molar-refractivity contribution in [3.05, 3.63) is 96.1 Å². The first-order valence-electron chi connectivity index (χ1n) is 9.96. The molecule has 0 bridgehead atoms. The van der Waals surface area contributed by atoms with Gasteiger partial charge in [0.2, 0.25) is 0 Å². The number of nitrogens with zero attached hydrogens (tertiary/aromatic N) is 2. The number of carbonyl (C=O) groups is 1. The van der Waals surface area contributed by atoms with Gasteiger partial charge in [-0.15, -0.1) is 0 Å². The second-order valence-corrected chi connectivity index (χ2v) is 7.10. The summed E-state index contributed by atoms with van der Waals surface area (Å²) in [6, 6.07) is 26.5. The van der Waals surface area contributed by atoms with E-state index in [0.717, 1.165) is 47.4 Å². The number of aryl methyl sites for hydroxylation is 2. The van der Waals surface area contributed by atoms with Crippen LogP contribution < -0.4 is 5.48 Å². The lowest BCUT2D eigenvalue weighted by Crippen LogP contribution is -2.14. The highest BCUT2D eigenvalue weighted by atomic mass is 16.5. The molecule has 150 valence electrons. The van der Waals surface area contributed by atoms with E-state index in [1.165, 1.54) is 11.6 Å². The Labute approximate surface area is 175 Å². The van der Waals surface area contributed by atoms with E-state index >= 15 is 0 Å². The largest absolute Gasteiger partial charge is 0.324 e. The molecule has 1 heterocycles. The second-order valence-electron chi connectivity index (χ2n) is 7.10. The normalized spacial score (nSPS) is 11.2. The molecule has 4 rings (SSSR count). The van der Waals surface area contributed by atoms with Crippen molar-refractivity contribution in [2.24, 2.45) is 0 Å². The maximum atomic E-state index is 11.3. The summed E-state index contributed by atoms with van der Waals surface area (Å²) < 4.78 is 2.27. The number of hydrogen-bond donors (Lipinski definition) is 2. The van der Waals surface area contributed by atoms with E-state index in [1.807, 2.05) is 48.5 Å². The average molecular weight is 397 g/mol. The molecule has 3 aromatic carbocycles. The van der Waals surface area contributed by atoms with Gasteiger partial charge in [-0.25, -0.2) is 10.5 Å². The predicted molar refractivity (Wildman–Crippen MR) is 119 cm³/mol. The summed E-state index contributed by atoms with van der Waals surface area (Å²) in [6.07, 6.45) is 4.97. The van der Waals surface area contributed by atoms with Crippen LogP contribution in [0.1, 0.15) is 17.5 Å². The van der Waals surface area contributed by atoms with Crippen LogP contribution >= 0.6 is 0 Å². The zero-order valence-electron chi connectivity index (χ0n) is 16.5. The monoisotopic (exact) mass is 397 g/mol. The lowest BCUT2D eigenvalue weighted by molar-refractivity contribution is -0.124. The third-order valence-corrected chi connectivity index (χ3v) is 5.03. The van der Waals surface area contributed by atoms with Crippen molar-refractivity contribution < 1.29 is 10.0 Å². The number of hydrogen-bond acceptors (Lipinski definition) is 3. The third kappa shape index (κ3) is 4.47. The minimum atomic E-state index is -0.562. The van der Waals surface area contributed by atoms with Crippen LogP contribution in [0.15, 0.2) is 84.9 Å². The molecule has 0 unspecified atom stereocenters. The first-order valence-corrected chi connectivity index (χ1v) is 9.96. The van der Waals surface area contributed by atoms with Crippen LogP contribution in [0.4, 0.5) is 0 Å². The van der Waals surface area contributed by atoms with E-state index in [4.69, 9.17) is 10.2 Å². The highest BCUT2D eigenvalue weighted by molar-refractivity contribution is 5.91. The summed E-state index contributed by atoms with van der Waals surface area (Å²) in [5.41, 5.74) is 6.86. The summed E-state index contributed by atoms with van der Waals surface area (Å²) >= 11 is 0. The molecule has 2 N–H and O–H groups in total. The Morgan fingerprint density at radius 1 is 1.00 bits per heavy atom. The molecular formula is C25H23N3O2. The van der Waals surface area contributed by atoms with Crippen LogP contribution in [-0.2, 0) is 17.8 Å². The fourth-order valence-electron chi connectivity index (χ4n) is 3.60. The van der Waals surface area contributed by atoms with E-state index < -0.39 is 5.91 Å². The summed E-state index contributed by atoms with van der Waals surface area (Å²) in [7, 11) is 0. The fraction of sp³-hybridized carbons (Fsp3) is 0.120. The van der Waals surface area contributed by atoms with Crippen LogP contribution in [-0.4, -0.2) is 20.7 Å². The van der Waals surface area contributed by atoms with Crippen molar-refractivity contribution in [3.8, 4) is 11.4 Å². The second kappa shape index (κ2) is 9.20. The lowest BCUT2D eigenvalue weighted by Gasteiger charge is -2.10. The van der Waals surface area contributed by atoms with Gasteiger partial charge in [-0.2, -0.15) is 0 Å². The van der Waals surface area contributed by atoms with Crippen molar-refractivity contribution in [3.63, 3.8) is 0 Å². The fourth-order valence-corrected chi connectivity index (χ4v) is 3.60. The van der Waals surface area contributed by atoms with Gasteiger partial charge < -0.3 is 4.57 Å². The number of fused-ring (bicyclic) bond motifs is 1. The summed E-state index contributed by atoms with van der Waals surface area (Å²) in [5.74, 6) is 0.347. The molecule has 0 aliphatic rings. The number of carbonyl (C=O) groups excluding carboxylic acids is 1. The molecule has 5 nitrogen and oxygen atoms in total. The zero-order valence-corrected chi connectivity index (χ0v) is 16.5. The molecule has 1 amide bonds. The number of rotatable bonds is 7.